The number of carbonyl (C=O) groups is 1. The second-order valence-electron chi connectivity index (χ2n) is 5.52. The summed E-state index contributed by atoms with van der Waals surface area (Å²) in [6, 6.07) is 17.3. The normalized spacial score (nSPS) is 21.2. The topological polar surface area (TPSA) is 46.5 Å². The average Bonchev–Trinajstić information content (AvgIpc) is 2.84. The fourth-order valence-corrected chi connectivity index (χ4v) is 2.89. The number of phenolic OH excluding ortho intramolecular Hbond substituents is 1. The number of phenols is 1. The van der Waals surface area contributed by atoms with Crippen molar-refractivity contribution in [1.29, 1.82) is 0 Å². The van der Waals surface area contributed by atoms with Crippen molar-refractivity contribution >= 4 is 5.97 Å². The lowest BCUT2D eigenvalue weighted by Crippen LogP contribution is -2.20. The number of aromatic hydroxyl groups is 1. The molecule has 3 nitrogen and oxygen atoms in total. The van der Waals surface area contributed by atoms with Crippen LogP contribution in [0, 0.1) is 11.8 Å². The number of carbonyl (C=O) groups excluding carboxylic acids is 1. The summed E-state index contributed by atoms with van der Waals surface area (Å²) in [4.78, 5) is 12.0. The molecule has 21 heavy (non-hydrogen) atoms. The molecule has 2 aromatic carbocycles. The van der Waals surface area contributed by atoms with E-state index in [0.717, 1.165) is 12.0 Å². The quantitative estimate of drug-likeness (QED) is 0.877. The van der Waals surface area contributed by atoms with E-state index < -0.39 is 0 Å². The van der Waals surface area contributed by atoms with Gasteiger partial charge in [0.25, 0.3) is 0 Å². The maximum Gasteiger partial charge on any atom is 0.309 e. The minimum absolute atomic E-state index is 0.154. The molecule has 1 aliphatic heterocycles. The van der Waals surface area contributed by atoms with Crippen molar-refractivity contribution in [3.63, 3.8) is 0 Å². The van der Waals surface area contributed by atoms with Gasteiger partial charge >= 0.3 is 5.97 Å². The minimum Gasteiger partial charge on any atom is -0.508 e. The highest BCUT2D eigenvalue weighted by atomic mass is 16.5. The maximum atomic E-state index is 12.0. The minimum atomic E-state index is -0.182. The van der Waals surface area contributed by atoms with Crippen LogP contribution in [0.1, 0.15) is 11.1 Å². The van der Waals surface area contributed by atoms with E-state index in [0.29, 0.717) is 13.0 Å². The molecule has 1 saturated heterocycles. The summed E-state index contributed by atoms with van der Waals surface area (Å²) in [6.45, 7) is 0.464. The third-order valence-electron chi connectivity index (χ3n) is 4.08. The molecule has 3 heteroatoms. The molecule has 108 valence electrons. The van der Waals surface area contributed by atoms with Gasteiger partial charge in [-0.05, 0) is 30.0 Å². The first kappa shape index (κ1) is 13.7. The number of cyclic esters (lactones) is 1. The van der Waals surface area contributed by atoms with Crippen molar-refractivity contribution in [1.82, 2.24) is 0 Å². The van der Waals surface area contributed by atoms with Crippen molar-refractivity contribution in [3.05, 3.63) is 65.7 Å². The highest BCUT2D eigenvalue weighted by molar-refractivity contribution is 5.75. The zero-order valence-corrected chi connectivity index (χ0v) is 11.7. The molecule has 1 heterocycles. The van der Waals surface area contributed by atoms with Crippen LogP contribution in [-0.2, 0) is 22.4 Å². The van der Waals surface area contributed by atoms with Crippen molar-refractivity contribution in [2.75, 3.05) is 6.61 Å². The van der Waals surface area contributed by atoms with E-state index in [4.69, 9.17) is 4.74 Å². The van der Waals surface area contributed by atoms with E-state index in [2.05, 4.69) is 12.1 Å². The summed E-state index contributed by atoms with van der Waals surface area (Å²) in [5.41, 5.74) is 2.02. The number of para-hydroxylation sites is 1. The van der Waals surface area contributed by atoms with Crippen molar-refractivity contribution in [2.24, 2.45) is 11.8 Å². The molecular formula is C18H18O3. The number of hydrogen-bond donors (Lipinski definition) is 1. The van der Waals surface area contributed by atoms with E-state index in [1.165, 1.54) is 5.56 Å². The second kappa shape index (κ2) is 6.00. The molecule has 1 aliphatic rings. The van der Waals surface area contributed by atoms with Crippen LogP contribution in [-0.4, -0.2) is 17.7 Å². The number of ether oxygens (including phenoxy) is 1. The lowest BCUT2D eigenvalue weighted by atomic mass is 9.85. The molecule has 0 amide bonds. The zero-order valence-electron chi connectivity index (χ0n) is 11.7. The van der Waals surface area contributed by atoms with Gasteiger partial charge in [0.1, 0.15) is 5.75 Å². The fraction of sp³-hybridized carbons (Fsp3) is 0.278. The Kier molecular flexibility index (Phi) is 3.91. The molecule has 1 N–H and O–H groups in total. The summed E-state index contributed by atoms with van der Waals surface area (Å²) in [5.74, 6) is 0.0767. The van der Waals surface area contributed by atoms with Crippen LogP contribution < -0.4 is 0 Å². The Bertz CT molecular complexity index is 621. The van der Waals surface area contributed by atoms with E-state index in [1.54, 1.807) is 12.1 Å². The van der Waals surface area contributed by atoms with Gasteiger partial charge in [0.05, 0.1) is 12.5 Å². The summed E-state index contributed by atoms with van der Waals surface area (Å²) >= 11 is 0. The Labute approximate surface area is 124 Å². The van der Waals surface area contributed by atoms with Crippen molar-refractivity contribution < 1.29 is 14.6 Å². The van der Waals surface area contributed by atoms with Crippen LogP contribution in [0.4, 0.5) is 0 Å². The molecule has 0 aromatic heterocycles. The molecule has 0 aliphatic carbocycles. The maximum absolute atomic E-state index is 12.0. The van der Waals surface area contributed by atoms with Crippen LogP contribution >= 0.6 is 0 Å². The second-order valence-corrected chi connectivity index (χ2v) is 5.52. The molecule has 0 bridgehead atoms. The van der Waals surface area contributed by atoms with Crippen LogP contribution in [0.15, 0.2) is 54.6 Å². The number of hydrogen-bond acceptors (Lipinski definition) is 3. The van der Waals surface area contributed by atoms with Gasteiger partial charge < -0.3 is 9.84 Å². The first-order valence-corrected chi connectivity index (χ1v) is 7.21. The largest absolute Gasteiger partial charge is 0.508 e. The Morgan fingerprint density at radius 3 is 2.48 bits per heavy atom. The van der Waals surface area contributed by atoms with Crippen LogP contribution in [0.3, 0.4) is 0 Å². The van der Waals surface area contributed by atoms with Crippen LogP contribution in [0.2, 0.25) is 0 Å². The summed E-state index contributed by atoms with van der Waals surface area (Å²) in [5, 5.41) is 9.88. The molecule has 0 spiro atoms. The molecule has 3 rings (SSSR count). The summed E-state index contributed by atoms with van der Waals surface area (Å²) in [7, 11) is 0. The van der Waals surface area contributed by atoms with Crippen LogP contribution in [0.25, 0.3) is 0 Å². The summed E-state index contributed by atoms with van der Waals surface area (Å²) in [6.07, 6.45) is 1.36. The lowest BCUT2D eigenvalue weighted by molar-refractivity contribution is -0.141. The van der Waals surface area contributed by atoms with Gasteiger partial charge in [-0.1, -0.05) is 48.5 Å². The first-order valence-electron chi connectivity index (χ1n) is 7.21. The molecular weight excluding hydrogens is 264 g/mol. The predicted octanol–water partition coefficient (Wildman–Crippen LogP) is 2.97. The van der Waals surface area contributed by atoms with E-state index in [9.17, 15) is 9.90 Å². The molecule has 0 radical (unpaired) electrons. The number of benzene rings is 2. The molecule has 0 saturated carbocycles. The SMILES string of the molecule is O=C1OC[C@@H](Cc2ccccc2)[C@@H]1Cc1ccccc1O. The van der Waals surface area contributed by atoms with Gasteiger partial charge in [-0.25, -0.2) is 0 Å². The molecule has 0 unspecified atom stereocenters. The highest BCUT2D eigenvalue weighted by Crippen LogP contribution is 2.31. The third-order valence-corrected chi connectivity index (χ3v) is 4.08. The van der Waals surface area contributed by atoms with Gasteiger partial charge in [0, 0.05) is 5.92 Å². The first-order chi connectivity index (χ1) is 10.2. The molecule has 2 aromatic rings. The van der Waals surface area contributed by atoms with Gasteiger partial charge in [-0.15, -0.1) is 0 Å². The van der Waals surface area contributed by atoms with Crippen molar-refractivity contribution in [2.45, 2.75) is 12.8 Å². The van der Waals surface area contributed by atoms with Gasteiger partial charge in [0.2, 0.25) is 0 Å². The number of esters is 1. The zero-order chi connectivity index (χ0) is 14.7. The summed E-state index contributed by atoms with van der Waals surface area (Å²) < 4.78 is 5.24. The van der Waals surface area contributed by atoms with Gasteiger partial charge in [-0.2, -0.15) is 0 Å². The molecule has 1 fully saturated rings. The Balaban J connectivity index is 1.75. The smallest absolute Gasteiger partial charge is 0.309 e. The van der Waals surface area contributed by atoms with Crippen LogP contribution in [0.5, 0.6) is 5.75 Å². The Morgan fingerprint density at radius 2 is 1.71 bits per heavy atom. The Morgan fingerprint density at radius 1 is 1.00 bits per heavy atom. The van der Waals surface area contributed by atoms with Gasteiger partial charge in [0.15, 0.2) is 0 Å². The Hall–Kier alpha value is -2.29. The lowest BCUT2D eigenvalue weighted by Gasteiger charge is -2.16. The molecule has 2 atom stereocenters. The number of rotatable bonds is 4. The van der Waals surface area contributed by atoms with E-state index in [1.807, 2.05) is 30.3 Å². The average molecular weight is 282 g/mol. The third kappa shape index (κ3) is 3.07. The van der Waals surface area contributed by atoms with Gasteiger partial charge in [-0.3, -0.25) is 4.79 Å². The van der Waals surface area contributed by atoms with E-state index >= 15 is 0 Å². The van der Waals surface area contributed by atoms with E-state index in [-0.39, 0.29) is 23.6 Å². The standard InChI is InChI=1S/C18H18O3/c19-17-9-5-4-8-14(17)11-16-15(12-21-18(16)20)10-13-6-2-1-3-7-13/h1-9,15-16,19H,10-12H2/t15-,16+/m1/s1. The van der Waals surface area contributed by atoms with Crippen molar-refractivity contribution in [3.8, 4) is 5.75 Å². The predicted molar refractivity (Wildman–Crippen MR) is 79.9 cm³/mol. The highest BCUT2D eigenvalue weighted by Gasteiger charge is 2.37. The fourth-order valence-electron chi connectivity index (χ4n) is 2.89. The monoisotopic (exact) mass is 282 g/mol.